The second-order valence-electron chi connectivity index (χ2n) is 6.24. The normalized spacial score (nSPS) is 11.2. The van der Waals surface area contributed by atoms with Crippen molar-refractivity contribution in [1.82, 2.24) is 14.9 Å². The van der Waals surface area contributed by atoms with Crippen LogP contribution in [0.25, 0.3) is 10.9 Å². The molecule has 0 fully saturated rings. The minimum atomic E-state index is -0.359. The molecule has 1 N–H and O–H groups in total. The lowest BCUT2D eigenvalue weighted by Gasteiger charge is -2.21. The fraction of sp³-hybridized carbons (Fsp3) is 0.300. The Bertz CT molecular complexity index is 1030. The van der Waals surface area contributed by atoms with E-state index in [-0.39, 0.29) is 11.4 Å². The molecule has 0 unspecified atom stereocenters. The topological polar surface area (TPSA) is 67.5 Å². The van der Waals surface area contributed by atoms with Crippen molar-refractivity contribution in [3.63, 3.8) is 0 Å². The maximum absolute atomic E-state index is 14.1. The highest BCUT2D eigenvalue weighted by atomic mass is 35.5. The van der Waals surface area contributed by atoms with Crippen molar-refractivity contribution >= 4 is 22.5 Å². The molecular weight excluding hydrogens is 385 g/mol. The third-order valence-electron chi connectivity index (χ3n) is 4.52. The van der Waals surface area contributed by atoms with Crippen LogP contribution < -0.4 is 15.0 Å². The van der Waals surface area contributed by atoms with Crippen LogP contribution >= 0.6 is 11.6 Å². The molecule has 0 aliphatic carbocycles. The van der Waals surface area contributed by atoms with Gasteiger partial charge >= 0.3 is 0 Å². The van der Waals surface area contributed by atoms with Crippen molar-refractivity contribution in [2.24, 2.45) is 0 Å². The lowest BCUT2D eigenvalue weighted by Crippen LogP contribution is -2.26. The number of benzene rings is 2. The quantitative estimate of drug-likeness (QED) is 0.648. The molecule has 1 heterocycles. The van der Waals surface area contributed by atoms with E-state index < -0.39 is 0 Å². The predicted octanol–water partition coefficient (Wildman–Crippen LogP) is 3.75. The number of fused-ring (bicyclic) bond motifs is 1. The number of nitrogens with zero attached hydrogens (tertiary/aromatic N) is 2. The summed E-state index contributed by atoms with van der Waals surface area (Å²) in [6.07, 6.45) is 0. The molecule has 0 spiro atoms. The van der Waals surface area contributed by atoms with Crippen molar-refractivity contribution in [3.8, 4) is 11.5 Å². The van der Waals surface area contributed by atoms with E-state index in [1.165, 1.54) is 20.3 Å². The Morgan fingerprint density at radius 3 is 2.54 bits per heavy atom. The molecule has 0 saturated heterocycles. The van der Waals surface area contributed by atoms with Gasteiger partial charge in [0.05, 0.1) is 31.7 Å². The van der Waals surface area contributed by atoms with Crippen LogP contribution in [0.4, 0.5) is 4.39 Å². The highest BCUT2D eigenvalue weighted by Crippen LogP contribution is 2.30. The van der Waals surface area contributed by atoms with Crippen LogP contribution in [0.15, 0.2) is 35.1 Å². The van der Waals surface area contributed by atoms with Gasteiger partial charge in [-0.2, -0.15) is 0 Å². The largest absolute Gasteiger partial charge is 0.493 e. The number of hydrogen-bond donors (Lipinski definition) is 1. The molecule has 0 atom stereocenters. The molecule has 0 radical (unpaired) electrons. The summed E-state index contributed by atoms with van der Waals surface area (Å²) < 4.78 is 24.6. The van der Waals surface area contributed by atoms with Crippen LogP contribution in [-0.2, 0) is 13.1 Å². The van der Waals surface area contributed by atoms with Crippen molar-refractivity contribution in [1.29, 1.82) is 0 Å². The number of nitrogens with one attached hydrogen (secondary N) is 1. The summed E-state index contributed by atoms with van der Waals surface area (Å²) in [6, 6.07) is 7.87. The molecule has 8 heteroatoms. The predicted molar refractivity (Wildman–Crippen MR) is 107 cm³/mol. The van der Waals surface area contributed by atoms with Crippen molar-refractivity contribution < 1.29 is 13.9 Å². The molecule has 0 saturated carbocycles. The Balaban J connectivity index is 1.93. The summed E-state index contributed by atoms with van der Waals surface area (Å²) in [7, 11) is 3.03. The number of hydrogen-bond acceptors (Lipinski definition) is 5. The smallest absolute Gasteiger partial charge is 0.258 e. The van der Waals surface area contributed by atoms with Gasteiger partial charge in [0.1, 0.15) is 11.6 Å². The molecule has 3 aromatic rings. The van der Waals surface area contributed by atoms with E-state index in [0.29, 0.717) is 58.4 Å². The minimum absolute atomic E-state index is 0.277. The van der Waals surface area contributed by atoms with Crippen LogP contribution in [0.1, 0.15) is 18.3 Å². The minimum Gasteiger partial charge on any atom is -0.493 e. The summed E-state index contributed by atoms with van der Waals surface area (Å²) in [5.74, 6) is 1.06. The van der Waals surface area contributed by atoms with Crippen LogP contribution in [0.5, 0.6) is 11.5 Å². The van der Waals surface area contributed by atoms with Gasteiger partial charge in [-0.25, -0.2) is 9.37 Å². The van der Waals surface area contributed by atoms with Gasteiger partial charge in [-0.15, -0.1) is 0 Å². The van der Waals surface area contributed by atoms with Gasteiger partial charge in [0.2, 0.25) is 0 Å². The molecule has 148 valence electrons. The second-order valence-corrected chi connectivity index (χ2v) is 6.65. The van der Waals surface area contributed by atoms with Crippen molar-refractivity contribution in [3.05, 3.63) is 62.9 Å². The summed E-state index contributed by atoms with van der Waals surface area (Å²) in [5, 5.41) is 0.775. The monoisotopic (exact) mass is 405 g/mol. The van der Waals surface area contributed by atoms with Gasteiger partial charge < -0.3 is 14.5 Å². The molecular formula is C20H21ClFN3O3. The van der Waals surface area contributed by atoms with Gasteiger partial charge in [0, 0.05) is 23.2 Å². The van der Waals surface area contributed by atoms with Gasteiger partial charge in [-0.1, -0.05) is 24.6 Å². The van der Waals surface area contributed by atoms with Crippen LogP contribution in [-0.4, -0.2) is 35.6 Å². The van der Waals surface area contributed by atoms with E-state index in [0.717, 1.165) is 0 Å². The van der Waals surface area contributed by atoms with Crippen LogP contribution in [0.2, 0.25) is 5.02 Å². The SMILES string of the molecule is CCN(Cc1nc2cc(OC)c(OC)cc2c(=O)[nH]1)Cc1c(F)cccc1Cl. The van der Waals surface area contributed by atoms with E-state index in [1.807, 2.05) is 11.8 Å². The van der Waals surface area contributed by atoms with E-state index in [1.54, 1.807) is 24.3 Å². The average Bonchev–Trinajstić information content (AvgIpc) is 2.69. The van der Waals surface area contributed by atoms with Crippen molar-refractivity contribution in [2.75, 3.05) is 20.8 Å². The average molecular weight is 406 g/mol. The van der Waals surface area contributed by atoms with E-state index >= 15 is 0 Å². The maximum Gasteiger partial charge on any atom is 0.258 e. The summed E-state index contributed by atoms with van der Waals surface area (Å²) in [4.78, 5) is 21.8. The van der Waals surface area contributed by atoms with Gasteiger partial charge in [0.25, 0.3) is 5.56 Å². The van der Waals surface area contributed by atoms with Crippen molar-refractivity contribution in [2.45, 2.75) is 20.0 Å². The highest BCUT2D eigenvalue weighted by molar-refractivity contribution is 6.31. The number of rotatable bonds is 7. The fourth-order valence-corrected chi connectivity index (χ4v) is 3.21. The van der Waals surface area contributed by atoms with Crippen LogP contribution in [0, 0.1) is 5.82 Å². The third-order valence-corrected chi connectivity index (χ3v) is 4.88. The Kier molecular flexibility index (Phi) is 6.16. The summed E-state index contributed by atoms with van der Waals surface area (Å²) in [6.45, 7) is 3.20. The van der Waals surface area contributed by atoms with E-state index in [4.69, 9.17) is 21.1 Å². The first-order chi connectivity index (χ1) is 13.5. The van der Waals surface area contributed by atoms with E-state index in [9.17, 15) is 9.18 Å². The Hall–Kier alpha value is -2.64. The Morgan fingerprint density at radius 1 is 1.18 bits per heavy atom. The standard InChI is InChI=1S/C20H21ClFN3O3/c1-4-25(10-13-14(21)6-5-7-15(13)22)11-19-23-16-9-18(28-3)17(27-2)8-12(16)20(26)24-19/h5-9H,4,10-11H2,1-3H3,(H,23,24,26). The number of H-pyrrole nitrogens is 1. The number of aromatic amines is 1. The zero-order valence-corrected chi connectivity index (χ0v) is 16.6. The molecule has 0 aliphatic rings. The molecule has 2 aromatic carbocycles. The zero-order valence-electron chi connectivity index (χ0n) is 15.9. The summed E-state index contributed by atoms with van der Waals surface area (Å²) in [5.41, 5.74) is 0.637. The number of methoxy groups -OCH3 is 2. The first kappa shape index (κ1) is 20.1. The molecule has 0 aliphatic heterocycles. The van der Waals surface area contributed by atoms with Gasteiger partial charge in [-0.05, 0) is 24.7 Å². The number of ether oxygens (including phenoxy) is 2. The molecule has 6 nitrogen and oxygen atoms in total. The molecule has 28 heavy (non-hydrogen) atoms. The van der Waals surface area contributed by atoms with E-state index in [2.05, 4.69) is 9.97 Å². The van der Waals surface area contributed by atoms with Gasteiger partial charge in [-0.3, -0.25) is 9.69 Å². The summed E-state index contributed by atoms with van der Waals surface area (Å²) >= 11 is 6.13. The molecule has 0 bridgehead atoms. The third kappa shape index (κ3) is 4.10. The molecule has 3 rings (SSSR count). The first-order valence-corrected chi connectivity index (χ1v) is 9.14. The number of halogens is 2. The highest BCUT2D eigenvalue weighted by Gasteiger charge is 2.15. The Morgan fingerprint density at radius 2 is 1.89 bits per heavy atom. The first-order valence-electron chi connectivity index (χ1n) is 8.77. The molecule has 0 amide bonds. The lowest BCUT2D eigenvalue weighted by atomic mass is 10.2. The molecule has 1 aromatic heterocycles. The lowest BCUT2D eigenvalue weighted by molar-refractivity contribution is 0.261. The fourth-order valence-electron chi connectivity index (χ4n) is 2.99. The maximum atomic E-state index is 14.1. The van der Waals surface area contributed by atoms with Gasteiger partial charge in [0.15, 0.2) is 11.5 Å². The zero-order chi connectivity index (χ0) is 20.3. The number of aromatic nitrogens is 2. The van der Waals surface area contributed by atoms with Crippen LogP contribution in [0.3, 0.4) is 0 Å². The Labute approximate surface area is 166 Å². The second kappa shape index (κ2) is 8.58.